The highest BCUT2D eigenvalue weighted by atomic mass is 14.8. The summed E-state index contributed by atoms with van der Waals surface area (Å²) >= 11 is 0. The highest BCUT2D eigenvalue weighted by molar-refractivity contribution is 6.02. The topological polar surface area (TPSA) is 12.4 Å². The molecule has 5 rings (SSSR count). The van der Waals surface area contributed by atoms with E-state index in [-0.39, 0.29) is 0 Å². The third kappa shape index (κ3) is 8.70. The van der Waals surface area contributed by atoms with Gasteiger partial charge in [0.25, 0.3) is 0 Å². The Morgan fingerprint density at radius 2 is 1.04 bits per heavy atom. The van der Waals surface area contributed by atoms with Crippen LogP contribution in [0.1, 0.15) is 49.9 Å². The molecule has 0 spiro atoms. The van der Waals surface area contributed by atoms with Crippen LogP contribution in [0.25, 0.3) is 40.1 Å². The monoisotopic (exact) mass is 673 g/mol. The van der Waals surface area contributed by atoms with Crippen molar-refractivity contribution >= 4 is 34.7 Å². The van der Waals surface area contributed by atoms with Gasteiger partial charge in [-0.1, -0.05) is 172 Å². The Morgan fingerprint density at radius 1 is 0.519 bits per heavy atom. The SMILES string of the molecule is C=C/C=C\C(=C)/C(C)=C(\N=C(C)c1ccccc1)c1ccc(-c2cc(/C(C)=c3\cccc\c3=C\C=C)cc(/C(C)=c3\cccc\c3=C\C=C)c2)cc1. The summed E-state index contributed by atoms with van der Waals surface area (Å²) in [6.45, 7) is 24.6. The van der Waals surface area contributed by atoms with Gasteiger partial charge in [0.15, 0.2) is 0 Å². The molecular formula is C51H47N. The first-order chi connectivity index (χ1) is 25.2. The molecule has 0 saturated carbocycles. The summed E-state index contributed by atoms with van der Waals surface area (Å²) in [6.07, 6.45) is 13.5. The smallest absolute Gasteiger partial charge is 0.0740 e. The van der Waals surface area contributed by atoms with Gasteiger partial charge in [-0.25, -0.2) is 0 Å². The summed E-state index contributed by atoms with van der Waals surface area (Å²) in [5, 5.41) is 4.65. The molecule has 0 saturated heterocycles. The van der Waals surface area contributed by atoms with Crippen molar-refractivity contribution in [2.75, 3.05) is 0 Å². The van der Waals surface area contributed by atoms with Crippen LogP contribution in [0.15, 0.2) is 194 Å². The van der Waals surface area contributed by atoms with E-state index >= 15 is 0 Å². The lowest BCUT2D eigenvalue weighted by Gasteiger charge is -2.14. The van der Waals surface area contributed by atoms with E-state index in [1.807, 2.05) is 42.5 Å². The fraction of sp³-hybridized carbons (Fsp3) is 0.0784. The van der Waals surface area contributed by atoms with Gasteiger partial charge in [0.2, 0.25) is 0 Å². The standard InChI is InChI=1S/C51H47N/c1-9-12-22-36(4)37(5)51(52-40(8)41-23-14-13-15-24-41)45-31-29-42(30-32-45)48-34-46(38(6)49-27-18-16-25-43(49)20-10-2)33-47(35-48)39(7)50-28-19-17-26-44(50)21-11-3/h9-35H,1-4H2,5-8H3/b22-12-,43-20-,44-21-,49-38+,50-39+,51-37-,52-40?. The number of nitrogens with zero attached hydrogens (tertiary/aromatic N) is 1. The van der Waals surface area contributed by atoms with Gasteiger partial charge >= 0.3 is 0 Å². The van der Waals surface area contributed by atoms with Crippen molar-refractivity contribution in [1.82, 2.24) is 0 Å². The highest BCUT2D eigenvalue weighted by Crippen LogP contribution is 2.31. The Labute approximate surface area is 309 Å². The normalized spacial score (nSPS) is 14.1. The first-order valence-corrected chi connectivity index (χ1v) is 17.6. The van der Waals surface area contributed by atoms with Crippen molar-refractivity contribution in [2.45, 2.75) is 27.7 Å². The summed E-state index contributed by atoms with van der Waals surface area (Å²) in [4.78, 5) is 5.19. The Hall–Kier alpha value is -6.31. The van der Waals surface area contributed by atoms with E-state index in [1.54, 1.807) is 6.08 Å². The maximum Gasteiger partial charge on any atom is 0.0740 e. The van der Waals surface area contributed by atoms with Crippen molar-refractivity contribution in [2.24, 2.45) is 4.99 Å². The fourth-order valence-corrected chi connectivity index (χ4v) is 6.32. The van der Waals surface area contributed by atoms with Gasteiger partial charge in [-0.15, -0.1) is 0 Å². The van der Waals surface area contributed by atoms with Crippen LogP contribution in [0.2, 0.25) is 0 Å². The average Bonchev–Trinajstić information content (AvgIpc) is 3.19. The van der Waals surface area contributed by atoms with Gasteiger partial charge in [0.1, 0.15) is 0 Å². The molecule has 1 nitrogen and oxygen atoms in total. The molecular weight excluding hydrogens is 627 g/mol. The number of rotatable bonds is 11. The van der Waals surface area contributed by atoms with Crippen LogP contribution >= 0.6 is 0 Å². The summed E-state index contributed by atoms with van der Waals surface area (Å²) < 4.78 is 0. The molecule has 0 aliphatic heterocycles. The van der Waals surface area contributed by atoms with E-state index in [2.05, 4.69) is 169 Å². The Kier molecular flexibility index (Phi) is 12.5. The van der Waals surface area contributed by atoms with Crippen LogP contribution in [0.3, 0.4) is 0 Å². The second-order valence-electron chi connectivity index (χ2n) is 12.8. The van der Waals surface area contributed by atoms with Gasteiger partial charge in [-0.05, 0) is 117 Å². The fourth-order valence-electron chi connectivity index (χ4n) is 6.32. The second-order valence-corrected chi connectivity index (χ2v) is 12.8. The van der Waals surface area contributed by atoms with Crippen LogP contribution in [0.4, 0.5) is 0 Å². The van der Waals surface area contributed by atoms with Gasteiger partial charge in [-0.2, -0.15) is 0 Å². The number of hydrogen-bond donors (Lipinski definition) is 0. The molecule has 1 heteroatoms. The zero-order chi connectivity index (χ0) is 37.0. The molecule has 0 amide bonds. The van der Waals surface area contributed by atoms with Crippen molar-refractivity contribution < 1.29 is 0 Å². The predicted octanol–water partition coefficient (Wildman–Crippen LogP) is 10.3. The van der Waals surface area contributed by atoms with E-state index in [4.69, 9.17) is 4.99 Å². The molecule has 0 bridgehead atoms. The zero-order valence-corrected chi connectivity index (χ0v) is 30.9. The molecule has 0 unspecified atom stereocenters. The molecule has 5 aromatic carbocycles. The van der Waals surface area contributed by atoms with Crippen molar-refractivity contribution in [3.63, 3.8) is 0 Å². The van der Waals surface area contributed by atoms with Gasteiger partial charge in [-0.3, -0.25) is 4.99 Å². The quantitative estimate of drug-likeness (QED) is 0.0978. The minimum atomic E-state index is 0.888. The molecule has 0 heterocycles. The first kappa shape index (κ1) is 37.0. The number of allylic oxidation sites excluding steroid dienone is 7. The number of benzene rings is 5. The molecule has 0 N–H and O–H groups in total. The summed E-state index contributed by atoms with van der Waals surface area (Å²) in [5.74, 6) is 0. The van der Waals surface area contributed by atoms with Gasteiger partial charge in [0, 0.05) is 11.3 Å². The molecule has 0 aliphatic rings. The van der Waals surface area contributed by atoms with Crippen LogP contribution in [-0.2, 0) is 0 Å². The Bertz CT molecular complexity index is 2380. The Balaban J connectivity index is 1.73. The highest BCUT2D eigenvalue weighted by Gasteiger charge is 2.12. The van der Waals surface area contributed by atoms with Crippen LogP contribution < -0.4 is 20.9 Å². The third-order valence-corrected chi connectivity index (χ3v) is 9.36. The minimum absolute atomic E-state index is 0.888. The first-order valence-electron chi connectivity index (χ1n) is 17.6. The van der Waals surface area contributed by atoms with E-state index in [0.717, 1.165) is 66.4 Å². The molecule has 256 valence electrons. The molecule has 52 heavy (non-hydrogen) atoms. The molecule has 0 fully saturated rings. The van der Waals surface area contributed by atoms with E-state index < -0.39 is 0 Å². The Morgan fingerprint density at radius 3 is 1.56 bits per heavy atom. The zero-order valence-electron chi connectivity index (χ0n) is 30.9. The van der Waals surface area contributed by atoms with Crippen molar-refractivity contribution in [3.8, 4) is 11.1 Å². The lowest BCUT2D eigenvalue weighted by atomic mass is 9.91. The van der Waals surface area contributed by atoms with E-state index in [1.165, 1.54) is 21.6 Å². The average molecular weight is 674 g/mol. The van der Waals surface area contributed by atoms with Crippen molar-refractivity contribution in [1.29, 1.82) is 0 Å². The maximum absolute atomic E-state index is 5.19. The predicted molar refractivity (Wildman–Crippen MR) is 229 cm³/mol. The summed E-state index contributed by atoms with van der Waals surface area (Å²) in [5.41, 5.74) is 12.8. The largest absolute Gasteiger partial charge is 0.252 e. The minimum Gasteiger partial charge on any atom is -0.252 e. The van der Waals surface area contributed by atoms with Crippen molar-refractivity contribution in [3.05, 3.63) is 232 Å². The van der Waals surface area contributed by atoms with Gasteiger partial charge in [0.05, 0.1) is 5.70 Å². The van der Waals surface area contributed by atoms with E-state index in [0.29, 0.717) is 0 Å². The molecule has 0 radical (unpaired) electrons. The maximum atomic E-state index is 5.19. The van der Waals surface area contributed by atoms with Crippen LogP contribution in [0, 0.1) is 0 Å². The summed E-state index contributed by atoms with van der Waals surface area (Å²) in [7, 11) is 0. The van der Waals surface area contributed by atoms with Crippen LogP contribution in [-0.4, -0.2) is 5.71 Å². The molecule has 0 aromatic heterocycles. The van der Waals surface area contributed by atoms with E-state index in [9.17, 15) is 0 Å². The molecule has 0 aliphatic carbocycles. The van der Waals surface area contributed by atoms with Crippen LogP contribution in [0.5, 0.6) is 0 Å². The number of aliphatic imine (C=N–C) groups is 1. The lowest BCUT2D eigenvalue weighted by Crippen LogP contribution is -2.26. The van der Waals surface area contributed by atoms with Gasteiger partial charge < -0.3 is 0 Å². The lowest BCUT2D eigenvalue weighted by molar-refractivity contribution is 1.36. The third-order valence-electron chi connectivity index (χ3n) is 9.36. The molecule has 5 aromatic rings. The second kappa shape index (κ2) is 17.6. The summed E-state index contributed by atoms with van der Waals surface area (Å²) in [6, 6.07) is 42.9. The number of hydrogen-bond acceptors (Lipinski definition) is 1. The molecule has 0 atom stereocenters.